The summed E-state index contributed by atoms with van der Waals surface area (Å²) in [5.74, 6) is 0. The molecule has 0 aromatic heterocycles. The van der Waals surface area contributed by atoms with Crippen LogP contribution in [0, 0.1) is 0 Å². The molecule has 2 heterocycles. The molecular formula is C14H19NO. The zero-order valence-electron chi connectivity index (χ0n) is 9.86. The van der Waals surface area contributed by atoms with Gasteiger partial charge in [-0.05, 0) is 31.7 Å². The molecule has 2 unspecified atom stereocenters. The summed E-state index contributed by atoms with van der Waals surface area (Å²) < 4.78 is 6.04. The largest absolute Gasteiger partial charge is 0.359 e. The Hall–Kier alpha value is -0.860. The standard InChI is InChI=1S/C14H19NO/c1-14-9-5-6-10-15(14)13(11-16-14)12-7-3-2-4-8-12/h2-4,7-8,13H,5-6,9-11H2,1H3. The second kappa shape index (κ2) is 3.86. The smallest absolute Gasteiger partial charge is 0.119 e. The molecule has 1 aromatic rings. The molecule has 0 aliphatic carbocycles. The normalized spacial score (nSPS) is 34.9. The molecule has 2 aliphatic heterocycles. The fourth-order valence-electron chi connectivity index (χ4n) is 3.06. The van der Waals surface area contributed by atoms with Crippen molar-refractivity contribution in [3.63, 3.8) is 0 Å². The van der Waals surface area contributed by atoms with Gasteiger partial charge in [0.1, 0.15) is 5.72 Å². The average molecular weight is 217 g/mol. The van der Waals surface area contributed by atoms with E-state index in [1.54, 1.807) is 0 Å². The number of benzene rings is 1. The van der Waals surface area contributed by atoms with Crippen LogP contribution < -0.4 is 0 Å². The zero-order valence-corrected chi connectivity index (χ0v) is 9.86. The molecular weight excluding hydrogens is 198 g/mol. The van der Waals surface area contributed by atoms with E-state index in [0.29, 0.717) is 6.04 Å². The van der Waals surface area contributed by atoms with Crippen molar-refractivity contribution in [2.24, 2.45) is 0 Å². The second-order valence-corrected chi connectivity index (χ2v) is 5.06. The molecule has 1 aromatic carbocycles. The van der Waals surface area contributed by atoms with Crippen molar-refractivity contribution in [2.75, 3.05) is 13.2 Å². The molecule has 2 nitrogen and oxygen atoms in total. The van der Waals surface area contributed by atoms with Gasteiger partial charge in [0.25, 0.3) is 0 Å². The highest BCUT2D eigenvalue weighted by molar-refractivity contribution is 5.21. The number of rotatable bonds is 1. The fraction of sp³-hybridized carbons (Fsp3) is 0.571. The van der Waals surface area contributed by atoms with Gasteiger partial charge in [-0.3, -0.25) is 4.90 Å². The summed E-state index contributed by atoms with van der Waals surface area (Å²) in [5, 5.41) is 0. The first kappa shape index (κ1) is 10.3. The molecule has 0 radical (unpaired) electrons. The first-order chi connectivity index (χ1) is 7.80. The molecule has 0 saturated carbocycles. The van der Waals surface area contributed by atoms with Gasteiger partial charge in [-0.2, -0.15) is 0 Å². The minimum absolute atomic E-state index is 0.00123. The summed E-state index contributed by atoms with van der Waals surface area (Å²) in [7, 11) is 0. The Morgan fingerprint density at radius 1 is 1.25 bits per heavy atom. The Bertz CT molecular complexity index is 364. The van der Waals surface area contributed by atoms with Crippen LogP contribution in [0.2, 0.25) is 0 Å². The number of nitrogens with zero attached hydrogens (tertiary/aromatic N) is 1. The van der Waals surface area contributed by atoms with E-state index in [0.717, 1.165) is 6.61 Å². The molecule has 0 spiro atoms. The molecule has 2 fully saturated rings. The molecule has 86 valence electrons. The van der Waals surface area contributed by atoms with Gasteiger partial charge >= 0.3 is 0 Å². The van der Waals surface area contributed by atoms with Gasteiger partial charge in [-0.15, -0.1) is 0 Å². The van der Waals surface area contributed by atoms with Crippen LogP contribution in [-0.4, -0.2) is 23.8 Å². The van der Waals surface area contributed by atoms with E-state index in [2.05, 4.69) is 42.2 Å². The zero-order chi connectivity index (χ0) is 11.0. The van der Waals surface area contributed by atoms with Crippen LogP contribution in [0.15, 0.2) is 30.3 Å². The molecule has 2 aliphatic rings. The minimum atomic E-state index is -0.00123. The van der Waals surface area contributed by atoms with Gasteiger partial charge in [-0.25, -0.2) is 0 Å². The van der Waals surface area contributed by atoms with Gasteiger partial charge in [-0.1, -0.05) is 30.3 Å². The predicted octanol–water partition coefficient (Wildman–Crippen LogP) is 2.96. The van der Waals surface area contributed by atoms with Gasteiger partial charge < -0.3 is 4.74 Å². The number of fused-ring (bicyclic) bond motifs is 1. The van der Waals surface area contributed by atoms with E-state index in [-0.39, 0.29) is 5.72 Å². The van der Waals surface area contributed by atoms with Crippen molar-refractivity contribution in [3.05, 3.63) is 35.9 Å². The summed E-state index contributed by atoms with van der Waals surface area (Å²) in [6, 6.07) is 11.2. The monoisotopic (exact) mass is 217 g/mol. The van der Waals surface area contributed by atoms with E-state index in [1.165, 1.54) is 31.4 Å². The third-order valence-corrected chi connectivity index (χ3v) is 4.01. The third kappa shape index (κ3) is 1.57. The van der Waals surface area contributed by atoms with Crippen LogP contribution in [0.4, 0.5) is 0 Å². The lowest BCUT2D eigenvalue weighted by atomic mass is 9.97. The lowest BCUT2D eigenvalue weighted by molar-refractivity contribution is -0.0926. The third-order valence-electron chi connectivity index (χ3n) is 4.01. The van der Waals surface area contributed by atoms with Crippen LogP contribution in [0.25, 0.3) is 0 Å². The van der Waals surface area contributed by atoms with E-state index in [4.69, 9.17) is 4.74 Å². The van der Waals surface area contributed by atoms with Gasteiger partial charge in [0.15, 0.2) is 0 Å². The number of piperidine rings is 1. The topological polar surface area (TPSA) is 12.5 Å². The molecule has 2 atom stereocenters. The minimum Gasteiger partial charge on any atom is -0.359 e. The van der Waals surface area contributed by atoms with E-state index < -0.39 is 0 Å². The highest BCUT2D eigenvalue weighted by atomic mass is 16.5. The highest BCUT2D eigenvalue weighted by Gasteiger charge is 2.45. The van der Waals surface area contributed by atoms with Gasteiger partial charge in [0, 0.05) is 6.54 Å². The molecule has 16 heavy (non-hydrogen) atoms. The maximum absolute atomic E-state index is 6.04. The first-order valence-electron chi connectivity index (χ1n) is 6.25. The number of hydrogen-bond acceptors (Lipinski definition) is 2. The van der Waals surface area contributed by atoms with Crippen LogP contribution >= 0.6 is 0 Å². The molecule has 0 bridgehead atoms. The van der Waals surface area contributed by atoms with Crippen molar-refractivity contribution in [1.29, 1.82) is 0 Å². The molecule has 0 amide bonds. The Morgan fingerprint density at radius 3 is 2.88 bits per heavy atom. The molecule has 0 N–H and O–H groups in total. The summed E-state index contributed by atoms with van der Waals surface area (Å²) in [6.45, 7) is 4.27. The fourth-order valence-corrected chi connectivity index (χ4v) is 3.06. The van der Waals surface area contributed by atoms with E-state index in [1.807, 2.05) is 0 Å². The summed E-state index contributed by atoms with van der Waals surface area (Å²) in [5.41, 5.74) is 1.40. The maximum Gasteiger partial charge on any atom is 0.119 e. The number of hydrogen-bond donors (Lipinski definition) is 0. The van der Waals surface area contributed by atoms with Crippen molar-refractivity contribution in [1.82, 2.24) is 4.90 Å². The second-order valence-electron chi connectivity index (χ2n) is 5.06. The van der Waals surface area contributed by atoms with Gasteiger partial charge in [0.2, 0.25) is 0 Å². The maximum atomic E-state index is 6.04. The van der Waals surface area contributed by atoms with Crippen molar-refractivity contribution >= 4 is 0 Å². The van der Waals surface area contributed by atoms with Crippen LogP contribution in [0.5, 0.6) is 0 Å². The van der Waals surface area contributed by atoms with Crippen molar-refractivity contribution < 1.29 is 4.74 Å². The Labute approximate surface area is 97.2 Å². The summed E-state index contributed by atoms with van der Waals surface area (Å²) >= 11 is 0. The summed E-state index contributed by atoms with van der Waals surface area (Å²) in [6.07, 6.45) is 3.78. The van der Waals surface area contributed by atoms with Crippen LogP contribution in [0.3, 0.4) is 0 Å². The van der Waals surface area contributed by atoms with Gasteiger partial charge in [0.05, 0.1) is 12.6 Å². The SMILES string of the molecule is CC12CCCCN1C(c1ccccc1)CO2. The molecule has 2 heteroatoms. The van der Waals surface area contributed by atoms with Crippen LogP contribution in [0.1, 0.15) is 37.8 Å². The van der Waals surface area contributed by atoms with E-state index in [9.17, 15) is 0 Å². The summed E-state index contributed by atoms with van der Waals surface area (Å²) in [4.78, 5) is 2.55. The van der Waals surface area contributed by atoms with Crippen LogP contribution in [-0.2, 0) is 4.74 Å². The Kier molecular flexibility index (Phi) is 2.49. The average Bonchev–Trinajstić information content (AvgIpc) is 2.67. The molecule has 3 rings (SSSR count). The number of ether oxygens (including phenoxy) is 1. The Balaban J connectivity index is 1.88. The predicted molar refractivity (Wildman–Crippen MR) is 64.1 cm³/mol. The quantitative estimate of drug-likeness (QED) is 0.717. The lowest BCUT2D eigenvalue weighted by Gasteiger charge is -2.40. The highest BCUT2D eigenvalue weighted by Crippen LogP contribution is 2.42. The van der Waals surface area contributed by atoms with E-state index >= 15 is 0 Å². The first-order valence-corrected chi connectivity index (χ1v) is 6.25. The molecule has 2 saturated heterocycles. The van der Waals surface area contributed by atoms with Crippen molar-refractivity contribution in [3.8, 4) is 0 Å². The lowest BCUT2D eigenvalue weighted by Crippen LogP contribution is -2.46. The Morgan fingerprint density at radius 2 is 2.06 bits per heavy atom. The van der Waals surface area contributed by atoms with Crippen molar-refractivity contribution in [2.45, 2.75) is 38.0 Å².